The molecule has 0 aliphatic heterocycles. The van der Waals surface area contributed by atoms with Crippen LogP contribution in [-0.4, -0.2) is 66.5 Å². The van der Waals surface area contributed by atoms with Crippen molar-refractivity contribution in [2.75, 3.05) is 27.7 Å². The molecule has 2 atom stereocenters. The zero-order chi connectivity index (χ0) is 23.5. The topological polar surface area (TPSA) is 83.8 Å². The molecule has 0 spiro atoms. The number of ether oxygens (including phenoxy) is 1. The smallest absolute Gasteiger partial charge is 0.308 e. The van der Waals surface area contributed by atoms with Crippen LogP contribution in [0.5, 0.6) is 0 Å². The van der Waals surface area contributed by atoms with E-state index in [4.69, 9.17) is 9.84 Å². The highest BCUT2D eigenvalue weighted by Gasteiger charge is 2.25. The number of likely N-dealkylation sites (N-methyl/N-ethyl adjacent to an activating group) is 1. The van der Waals surface area contributed by atoms with Crippen molar-refractivity contribution >= 4 is 11.9 Å². The predicted octanol–water partition coefficient (Wildman–Crippen LogP) is 5.09. The van der Waals surface area contributed by atoms with Crippen LogP contribution < -0.4 is 0 Å². The van der Waals surface area contributed by atoms with Crippen LogP contribution in [0.3, 0.4) is 0 Å². The molecule has 0 rings (SSSR count). The van der Waals surface area contributed by atoms with Crippen molar-refractivity contribution in [3.05, 3.63) is 12.2 Å². The van der Waals surface area contributed by atoms with Crippen LogP contribution in [-0.2, 0) is 14.3 Å². The second-order valence-corrected chi connectivity index (χ2v) is 9.71. The Morgan fingerprint density at radius 1 is 0.871 bits per heavy atom. The number of rotatable bonds is 20. The van der Waals surface area contributed by atoms with Gasteiger partial charge in [-0.2, -0.15) is 0 Å². The molecule has 6 heteroatoms. The normalized spacial score (nSPS) is 14.0. The Balaban J connectivity index is 3.83. The number of carbonyl (C=O) groups is 2. The molecule has 0 saturated heterocycles. The third-order valence-electron chi connectivity index (χ3n) is 5.15. The van der Waals surface area contributed by atoms with E-state index in [0.29, 0.717) is 17.4 Å². The lowest BCUT2D eigenvalue weighted by molar-refractivity contribution is -0.873. The third-order valence-corrected chi connectivity index (χ3v) is 5.15. The van der Waals surface area contributed by atoms with Gasteiger partial charge < -0.3 is 19.4 Å². The fourth-order valence-corrected chi connectivity index (χ4v) is 3.57. The highest BCUT2D eigenvalue weighted by Crippen LogP contribution is 2.12. The van der Waals surface area contributed by atoms with Crippen molar-refractivity contribution in [1.82, 2.24) is 0 Å². The minimum atomic E-state index is -0.993. The molecule has 6 nitrogen and oxygen atoms in total. The van der Waals surface area contributed by atoms with E-state index >= 15 is 0 Å². The van der Waals surface area contributed by atoms with Gasteiger partial charge in [-0.1, -0.05) is 64.0 Å². The second-order valence-electron chi connectivity index (χ2n) is 9.71. The van der Waals surface area contributed by atoms with Crippen molar-refractivity contribution in [2.24, 2.45) is 0 Å². The van der Waals surface area contributed by atoms with Gasteiger partial charge in [-0.05, 0) is 32.1 Å². The summed E-state index contributed by atoms with van der Waals surface area (Å²) in [6.07, 6.45) is 16.6. The molecule has 0 bridgehead atoms. The van der Waals surface area contributed by atoms with Gasteiger partial charge in [-0.15, -0.1) is 0 Å². The summed E-state index contributed by atoms with van der Waals surface area (Å²) in [5.41, 5.74) is 0. The molecule has 1 unspecified atom stereocenters. The van der Waals surface area contributed by atoms with Crippen molar-refractivity contribution < 1.29 is 29.0 Å². The number of aliphatic hydroxyl groups excluding tert-OH is 1. The number of hydrogen-bond donors (Lipinski definition) is 2. The average Bonchev–Trinajstić information content (AvgIpc) is 2.63. The fourth-order valence-electron chi connectivity index (χ4n) is 3.57. The number of carboxylic acids is 1. The van der Waals surface area contributed by atoms with E-state index in [9.17, 15) is 14.7 Å². The van der Waals surface area contributed by atoms with Gasteiger partial charge in [-0.3, -0.25) is 9.59 Å². The maximum Gasteiger partial charge on any atom is 0.308 e. The standard InChI is InChI=1S/C25H47NO5/c1-5-6-7-8-9-10-11-12-13-14-15-16-17-18-22(27)19-25(30)31-23(20-24(28)29)21-26(2,3)4/h12-13,22-23,27H,5-11,14-21H2,1-4H3/p+1/b13-12+/t22?,23-/m1/s1. The van der Waals surface area contributed by atoms with Gasteiger partial charge in [-0.25, -0.2) is 0 Å². The van der Waals surface area contributed by atoms with Gasteiger partial charge in [0.2, 0.25) is 0 Å². The van der Waals surface area contributed by atoms with Crippen molar-refractivity contribution in [1.29, 1.82) is 0 Å². The molecule has 0 aromatic rings. The van der Waals surface area contributed by atoms with E-state index in [-0.39, 0.29) is 12.8 Å². The first-order chi connectivity index (χ1) is 14.6. The summed E-state index contributed by atoms with van der Waals surface area (Å²) in [5.74, 6) is -1.52. The number of esters is 1. The SMILES string of the molecule is CCCCCCCC/C=C/CCCCCC(O)CC(=O)O[C@H](CC(=O)O)C[N+](C)(C)C. The first-order valence-corrected chi connectivity index (χ1v) is 12.2. The van der Waals surface area contributed by atoms with Crippen LogP contribution in [0.4, 0.5) is 0 Å². The molecule has 0 fully saturated rings. The lowest BCUT2D eigenvalue weighted by Crippen LogP contribution is -2.44. The zero-order valence-corrected chi connectivity index (χ0v) is 20.5. The van der Waals surface area contributed by atoms with Crippen LogP contribution in [0, 0.1) is 0 Å². The molecule has 31 heavy (non-hydrogen) atoms. The Hall–Kier alpha value is -1.40. The Kier molecular flexibility index (Phi) is 17.4. The number of quaternary nitrogens is 1. The molecule has 0 saturated carbocycles. The Bertz CT molecular complexity index is 499. The number of hydrogen-bond acceptors (Lipinski definition) is 4. The van der Waals surface area contributed by atoms with Crippen LogP contribution in [0.1, 0.15) is 96.8 Å². The molecule has 0 radical (unpaired) electrons. The molecule has 2 N–H and O–H groups in total. The van der Waals surface area contributed by atoms with E-state index in [1.165, 1.54) is 44.9 Å². The lowest BCUT2D eigenvalue weighted by atomic mass is 10.1. The number of unbranched alkanes of at least 4 members (excludes halogenated alkanes) is 9. The molecule has 0 aliphatic carbocycles. The van der Waals surface area contributed by atoms with Crippen LogP contribution in [0.25, 0.3) is 0 Å². The van der Waals surface area contributed by atoms with Gasteiger partial charge in [0.25, 0.3) is 0 Å². The number of carbonyl (C=O) groups excluding carboxylic acids is 1. The molecule has 182 valence electrons. The number of aliphatic carboxylic acids is 1. The van der Waals surface area contributed by atoms with Crippen LogP contribution in [0.15, 0.2) is 12.2 Å². The highest BCUT2D eigenvalue weighted by molar-refractivity contribution is 5.71. The molecule has 0 heterocycles. The molecule has 0 aliphatic rings. The van der Waals surface area contributed by atoms with Crippen LogP contribution >= 0.6 is 0 Å². The number of nitrogens with zero attached hydrogens (tertiary/aromatic N) is 1. The van der Waals surface area contributed by atoms with E-state index in [2.05, 4.69) is 19.1 Å². The van der Waals surface area contributed by atoms with Gasteiger partial charge >= 0.3 is 11.9 Å². The Labute approximate surface area is 190 Å². The monoisotopic (exact) mass is 442 g/mol. The van der Waals surface area contributed by atoms with Crippen molar-refractivity contribution in [3.63, 3.8) is 0 Å². The van der Waals surface area contributed by atoms with Crippen molar-refractivity contribution in [2.45, 2.75) is 109 Å². The van der Waals surface area contributed by atoms with Gasteiger partial charge in [0, 0.05) is 0 Å². The summed E-state index contributed by atoms with van der Waals surface area (Å²) in [7, 11) is 5.75. The maximum absolute atomic E-state index is 12.1. The second kappa shape index (κ2) is 18.2. The van der Waals surface area contributed by atoms with E-state index < -0.39 is 24.1 Å². The first kappa shape index (κ1) is 29.6. The first-order valence-electron chi connectivity index (χ1n) is 12.2. The zero-order valence-electron chi connectivity index (χ0n) is 20.5. The summed E-state index contributed by atoms with van der Waals surface area (Å²) in [4.78, 5) is 23.1. The van der Waals surface area contributed by atoms with Gasteiger partial charge in [0.05, 0.1) is 40.1 Å². The Morgan fingerprint density at radius 3 is 1.97 bits per heavy atom. The summed E-state index contributed by atoms with van der Waals surface area (Å²) >= 11 is 0. The number of allylic oxidation sites excluding steroid dienone is 2. The van der Waals surface area contributed by atoms with Gasteiger partial charge in [0.1, 0.15) is 6.54 Å². The van der Waals surface area contributed by atoms with Gasteiger partial charge in [0.15, 0.2) is 6.10 Å². The number of aliphatic hydroxyl groups is 1. The third kappa shape index (κ3) is 21.6. The minimum absolute atomic E-state index is 0.0780. The minimum Gasteiger partial charge on any atom is -0.481 e. The number of carboxylic acid groups (broad SMARTS) is 1. The molecule has 0 aromatic heterocycles. The largest absolute Gasteiger partial charge is 0.481 e. The lowest BCUT2D eigenvalue weighted by Gasteiger charge is -2.28. The highest BCUT2D eigenvalue weighted by atomic mass is 16.5. The summed E-state index contributed by atoms with van der Waals surface area (Å²) in [5, 5.41) is 19.1. The fraction of sp³-hybridized carbons (Fsp3) is 0.840. The van der Waals surface area contributed by atoms with Crippen LogP contribution in [0.2, 0.25) is 0 Å². The molecule has 0 aromatic carbocycles. The summed E-state index contributed by atoms with van der Waals surface area (Å²) < 4.78 is 5.82. The summed E-state index contributed by atoms with van der Waals surface area (Å²) in [6, 6.07) is 0. The van der Waals surface area contributed by atoms with E-state index in [1.807, 2.05) is 21.1 Å². The maximum atomic E-state index is 12.1. The quantitative estimate of drug-likeness (QED) is 0.119. The molecule has 0 amide bonds. The average molecular weight is 443 g/mol. The van der Waals surface area contributed by atoms with Crippen molar-refractivity contribution in [3.8, 4) is 0 Å². The van der Waals surface area contributed by atoms with E-state index in [1.54, 1.807) is 0 Å². The Morgan fingerprint density at radius 2 is 1.42 bits per heavy atom. The van der Waals surface area contributed by atoms with E-state index in [0.717, 1.165) is 25.7 Å². The summed E-state index contributed by atoms with van der Waals surface area (Å²) in [6.45, 7) is 2.66. The predicted molar refractivity (Wildman–Crippen MR) is 126 cm³/mol. The molecular formula is C25H48NO5+. The molecular weight excluding hydrogens is 394 g/mol.